The standard InChI is InChI=1S/C12H13ClF3NO2/c1-11(2,3)19-10(18)17(13)9-6-4-5-8(7-9)12(14,15)16/h4-7H,1-3H3. The van der Waals surface area contributed by atoms with Gasteiger partial charge >= 0.3 is 12.3 Å². The highest BCUT2D eigenvalue weighted by Crippen LogP contribution is 2.32. The Morgan fingerprint density at radius 2 is 1.84 bits per heavy atom. The second kappa shape index (κ2) is 5.28. The van der Waals surface area contributed by atoms with E-state index in [9.17, 15) is 18.0 Å². The maximum atomic E-state index is 12.5. The van der Waals surface area contributed by atoms with Gasteiger partial charge in [-0.3, -0.25) is 0 Å². The predicted octanol–water partition coefficient (Wildman–Crippen LogP) is 4.60. The van der Waals surface area contributed by atoms with E-state index in [-0.39, 0.29) is 5.69 Å². The highest BCUT2D eigenvalue weighted by atomic mass is 35.5. The molecule has 1 rings (SSSR count). The number of hydrogen-bond acceptors (Lipinski definition) is 2. The van der Waals surface area contributed by atoms with Crippen LogP contribution < -0.4 is 4.42 Å². The molecule has 0 radical (unpaired) electrons. The van der Waals surface area contributed by atoms with E-state index in [1.54, 1.807) is 20.8 Å². The number of halogens is 4. The van der Waals surface area contributed by atoms with Gasteiger partial charge in [-0.2, -0.15) is 17.6 Å². The van der Waals surface area contributed by atoms with Crippen molar-refractivity contribution >= 4 is 23.6 Å². The van der Waals surface area contributed by atoms with E-state index in [2.05, 4.69) is 0 Å². The van der Waals surface area contributed by atoms with Gasteiger partial charge in [-0.25, -0.2) is 4.79 Å². The molecule has 7 heteroatoms. The minimum absolute atomic E-state index is 0.106. The first-order chi connectivity index (χ1) is 8.50. The van der Waals surface area contributed by atoms with Crippen LogP contribution in [0.1, 0.15) is 26.3 Å². The Balaban J connectivity index is 2.95. The summed E-state index contributed by atoms with van der Waals surface area (Å²) in [6.07, 6.45) is -5.43. The summed E-state index contributed by atoms with van der Waals surface area (Å²) in [5.74, 6) is 0. The zero-order chi connectivity index (χ0) is 14.8. The van der Waals surface area contributed by atoms with Crippen LogP contribution in [-0.2, 0) is 10.9 Å². The van der Waals surface area contributed by atoms with E-state index in [1.807, 2.05) is 0 Å². The Hall–Kier alpha value is -1.43. The van der Waals surface area contributed by atoms with Gasteiger partial charge in [-0.1, -0.05) is 6.07 Å². The van der Waals surface area contributed by atoms with Gasteiger partial charge in [0.2, 0.25) is 0 Å². The second-order valence-corrected chi connectivity index (χ2v) is 5.15. The van der Waals surface area contributed by atoms with Crippen molar-refractivity contribution in [1.82, 2.24) is 0 Å². The number of carbonyl (C=O) groups excluding carboxylic acids is 1. The third-order valence-electron chi connectivity index (χ3n) is 1.95. The number of alkyl halides is 3. The molecule has 0 aliphatic carbocycles. The lowest BCUT2D eigenvalue weighted by molar-refractivity contribution is -0.137. The number of hydrogen-bond donors (Lipinski definition) is 0. The van der Waals surface area contributed by atoms with Crippen molar-refractivity contribution in [3.63, 3.8) is 0 Å². The molecule has 0 heterocycles. The smallest absolute Gasteiger partial charge is 0.429 e. The number of amides is 1. The third-order valence-corrected chi connectivity index (χ3v) is 2.29. The summed E-state index contributed by atoms with van der Waals surface area (Å²) in [7, 11) is 0. The molecule has 1 aromatic rings. The van der Waals surface area contributed by atoms with E-state index in [0.717, 1.165) is 18.2 Å². The molecule has 1 amide bonds. The number of carbonyl (C=O) groups is 1. The van der Waals surface area contributed by atoms with Crippen LogP contribution >= 0.6 is 11.8 Å². The molecule has 0 saturated carbocycles. The average molecular weight is 296 g/mol. The van der Waals surface area contributed by atoms with Crippen molar-refractivity contribution in [1.29, 1.82) is 0 Å². The first-order valence-electron chi connectivity index (χ1n) is 5.37. The largest absolute Gasteiger partial charge is 0.443 e. The molecule has 19 heavy (non-hydrogen) atoms. The van der Waals surface area contributed by atoms with Crippen LogP contribution in [0.3, 0.4) is 0 Å². The van der Waals surface area contributed by atoms with Gasteiger partial charge in [-0.15, -0.1) is 0 Å². The molecule has 1 aromatic carbocycles. The Morgan fingerprint density at radius 3 is 2.32 bits per heavy atom. The number of nitrogens with zero attached hydrogens (tertiary/aromatic N) is 1. The fourth-order valence-corrected chi connectivity index (χ4v) is 1.35. The number of benzene rings is 1. The molecule has 3 nitrogen and oxygen atoms in total. The molecular weight excluding hydrogens is 283 g/mol. The van der Waals surface area contributed by atoms with Crippen molar-refractivity contribution in [3.05, 3.63) is 29.8 Å². The lowest BCUT2D eigenvalue weighted by atomic mass is 10.2. The zero-order valence-electron chi connectivity index (χ0n) is 10.6. The van der Waals surface area contributed by atoms with Crippen molar-refractivity contribution in [3.8, 4) is 0 Å². The molecule has 0 bridgehead atoms. The molecule has 0 saturated heterocycles. The summed E-state index contributed by atoms with van der Waals surface area (Å²) in [5, 5.41) is 0. The van der Waals surface area contributed by atoms with E-state index < -0.39 is 23.4 Å². The molecule has 0 aliphatic rings. The van der Waals surface area contributed by atoms with Gasteiger partial charge in [0.15, 0.2) is 0 Å². The van der Waals surface area contributed by atoms with Crippen LogP contribution in [0.5, 0.6) is 0 Å². The molecule has 0 unspecified atom stereocenters. The minimum atomic E-state index is -4.50. The fourth-order valence-electron chi connectivity index (χ4n) is 1.21. The predicted molar refractivity (Wildman–Crippen MR) is 66.0 cm³/mol. The molecule has 0 atom stereocenters. The quantitative estimate of drug-likeness (QED) is 0.709. The molecule has 0 fully saturated rings. The summed E-state index contributed by atoms with van der Waals surface area (Å²) in [4.78, 5) is 11.6. The van der Waals surface area contributed by atoms with Gasteiger partial charge in [0.05, 0.1) is 11.3 Å². The molecular formula is C12H13ClF3NO2. The Bertz CT molecular complexity index is 469. The lowest BCUT2D eigenvalue weighted by Crippen LogP contribution is -2.31. The number of anilines is 1. The van der Waals surface area contributed by atoms with Crippen molar-refractivity contribution < 1.29 is 22.7 Å². The highest BCUT2D eigenvalue weighted by Gasteiger charge is 2.31. The Kier molecular flexibility index (Phi) is 4.35. The average Bonchev–Trinajstić information content (AvgIpc) is 2.24. The third kappa shape index (κ3) is 4.63. The number of rotatable bonds is 1. The molecule has 106 valence electrons. The fraction of sp³-hybridized carbons (Fsp3) is 0.417. The van der Waals surface area contributed by atoms with Gasteiger partial charge in [0.1, 0.15) is 5.60 Å². The number of ether oxygens (including phenoxy) is 1. The minimum Gasteiger partial charge on any atom is -0.443 e. The summed E-state index contributed by atoms with van der Waals surface area (Å²) in [6.45, 7) is 4.88. The van der Waals surface area contributed by atoms with E-state index >= 15 is 0 Å². The van der Waals surface area contributed by atoms with Crippen LogP contribution in [0, 0.1) is 0 Å². The summed E-state index contributed by atoms with van der Waals surface area (Å²) < 4.78 is 43.0. The first kappa shape index (κ1) is 15.6. The SMILES string of the molecule is CC(C)(C)OC(=O)N(Cl)c1cccc(C(F)(F)F)c1. The Labute approximate surface area is 114 Å². The van der Waals surface area contributed by atoms with Crippen molar-refractivity contribution in [2.75, 3.05) is 4.42 Å². The first-order valence-corrected chi connectivity index (χ1v) is 5.70. The summed E-state index contributed by atoms with van der Waals surface area (Å²) >= 11 is 5.68. The maximum absolute atomic E-state index is 12.5. The maximum Gasteiger partial charge on any atom is 0.429 e. The van der Waals surface area contributed by atoms with Crippen molar-refractivity contribution in [2.24, 2.45) is 0 Å². The van der Waals surface area contributed by atoms with Gasteiger partial charge < -0.3 is 4.74 Å². The normalized spacial score (nSPS) is 12.2. The Morgan fingerprint density at radius 1 is 1.26 bits per heavy atom. The van der Waals surface area contributed by atoms with Gasteiger partial charge in [0.25, 0.3) is 0 Å². The highest BCUT2D eigenvalue weighted by molar-refractivity contribution is 6.35. The summed E-state index contributed by atoms with van der Waals surface area (Å²) in [5.41, 5.74) is -1.78. The molecule has 0 spiro atoms. The topological polar surface area (TPSA) is 29.5 Å². The van der Waals surface area contributed by atoms with E-state index in [0.29, 0.717) is 4.42 Å². The van der Waals surface area contributed by atoms with Crippen LogP contribution in [-0.4, -0.2) is 11.7 Å². The van der Waals surface area contributed by atoms with Crippen LogP contribution in [0.25, 0.3) is 0 Å². The van der Waals surface area contributed by atoms with E-state index in [4.69, 9.17) is 16.5 Å². The summed E-state index contributed by atoms with van der Waals surface area (Å²) in [6, 6.07) is 4.12. The van der Waals surface area contributed by atoms with Crippen LogP contribution in [0.2, 0.25) is 0 Å². The monoisotopic (exact) mass is 295 g/mol. The zero-order valence-corrected chi connectivity index (χ0v) is 11.3. The second-order valence-electron chi connectivity index (χ2n) is 4.81. The van der Waals surface area contributed by atoms with Gasteiger partial charge in [0, 0.05) is 11.8 Å². The van der Waals surface area contributed by atoms with Gasteiger partial charge in [-0.05, 0) is 39.0 Å². The molecule has 0 N–H and O–H groups in total. The molecule has 0 aliphatic heterocycles. The van der Waals surface area contributed by atoms with Crippen LogP contribution in [0.4, 0.5) is 23.7 Å². The molecule has 0 aromatic heterocycles. The van der Waals surface area contributed by atoms with Crippen LogP contribution in [0.15, 0.2) is 24.3 Å². The van der Waals surface area contributed by atoms with E-state index in [1.165, 1.54) is 6.07 Å². The van der Waals surface area contributed by atoms with Crippen molar-refractivity contribution in [2.45, 2.75) is 32.5 Å². The lowest BCUT2D eigenvalue weighted by Gasteiger charge is -2.23.